The first-order chi connectivity index (χ1) is 12.6. The molecule has 0 aliphatic heterocycles. The van der Waals surface area contributed by atoms with Crippen molar-refractivity contribution < 1.29 is 17.9 Å². The van der Waals surface area contributed by atoms with Crippen LogP contribution in [0.15, 0.2) is 41.3 Å². The molecule has 1 atom stereocenters. The van der Waals surface area contributed by atoms with Crippen molar-refractivity contribution >= 4 is 21.6 Å². The maximum atomic E-state index is 12.6. The molecule has 0 aliphatic carbocycles. The number of nitrogens with one attached hydrogen (secondary N) is 2. The van der Waals surface area contributed by atoms with Gasteiger partial charge in [-0.15, -0.1) is 0 Å². The summed E-state index contributed by atoms with van der Waals surface area (Å²) >= 11 is 0. The lowest BCUT2D eigenvalue weighted by Gasteiger charge is -2.16. The lowest BCUT2D eigenvalue weighted by Crippen LogP contribution is -2.41. The third-order valence-corrected chi connectivity index (χ3v) is 5.51. The Morgan fingerprint density at radius 3 is 2.26 bits per heavy atom. The summed E-state index contributed by atoms with van der Waals surface area (Å²) < 4.78 is 33.0. The largest absolute Gasteiger partial charge is 0.494 e. The Hall–Kier alpha value is -2.38. The van der Waals surface area contributed by atoms with E-state index in [1.807, 2.05) is 39.0 Å². The van der Waals surface area contributed by atoms with E-state index in [9.17, 15) is 13.2 Å². The van der Waals surface area contributed by atoms with Crippen LogP contribution < -0.4 is 14.8 Å². The van der Waals surface area contributed by atoms with Crippen molar-refractivity contribution in [1.29, 1.82) is 0 Å². The molecule has 0 bridgehead atoms. The van der Waals surface area contributed by atoms with Crippen molar-refractivity contribution in [1.82, 2.24) is 4.72 Å². The normalized spacial score (nSPS) is 12.5. The number of hydrogen-bond donors (Lipinski definition) is 2. The van der Waals surface area contributed by atoms with E-state index in [1.54, 1.807) is 13.0 Å². The molecular formula is C20H26N2O4S. The smallest absolute Gasteiger partial charge is 0.242 e. The second-order valence-electron chi connectivity index (χ2n) is 6.57. The second-order valence-corrected chi connectivity index (χ2v) is 8.28. The highest BCUT2D eigenvalue weighted by atomic mass is 32.2. The molecular weight excluding hydrogens is 364 g/mol. The van der Waals surface area contributed by atoms with Crippen LogP contribution >= 0.6 is 0 Å². The predicted octanol–water partition coefficient (Wildman–Crippen LogP) is 3.32. The molecule has 0 fully saturated rings. The summed E-state index contributed by atoms with van der Waals surface area (Å²) in [6.07, 6.45) is 0. The average Bonchev–Trinajstić information content (AvgIpc) is 2.55. The number of sulfonamides is 1. The van der Waals surface area contributed by atoms with Crippen molar-refractivity contribution in [2.24, 2.45) is 0 Å². The molecule has 0 heterocycles. The molecule has 0 radical (unpaired) electrons. The van der Waals surface area contributed by atoms with Gasteiger partial charge in [-0.25, -0.2) is 8.42 Å². The number of benzene rings is 2. The van der Waals surface area contributed by atoms with Crippen LogP contribution in [0.5, 0.6) is 5.75 Å². The van der Waals surface area contributed by atoms with Gasteiger partial charge in [0.25, 0.3) is 0 Å². The Labute approximate surface area is 161 Å². The van der Waals surface area contributed by atoms with Gasteiger partial charge in [0.2, 0.25) is 15.9 Å². The summed E-state index contributed by atoms with van der Waals surface area (Å²) in [6.45, 7) is 9.52. The summed E-state index contributed by atoms with van der Waals surface area (Å²) in [4.78, 5) is 12.5. The van der Waals surface area contributed by atoms with Gasteiger partial charge in [0.1, 0.15) is 5.75 Å². The van der Waals surface area contributed by atoms with Gasteiger partial charge >= 0.3 is 0 Å². The van der Waals surface area contributed by atoms with Crippen molar-refractivity contribution in [3.63, 3.8) is 0 Å². The molecule has 6 nitrogen and oxygen atoms in total. The fourth-order valence-electron chi connectivity index (χ4n) is 2.76. The van der Waals surface area contributed by atoms with Gasteiger partial charge in [-0.3, -0.25) is 4.79 Å². The number of carbonyl (C=O) groups is 1. The van der Waals surface area contributed by atoms with E-state index in [4.69, 9.17) is 4.74 Å². The van der Waals surface area contributed by atoms with E-state index in [0.29, 0.717) is 23.6 Å². The van der Waals surface area contributed by atoms with Gasteiger partial charge in [0.15, 0.2) is 0 Å². The average molecular weight is 391 g/mol. The van der Waals surface area contributed by atoms with Crippen LogP contribution in [-0.4, -0.2) is 27.0 Å². The zero-order valence-corrected chi connectivity index (χ0v) is 17.1. The Morgan fingerprint density at radius 2 is 1.70 bits per heavy atom. The van der Waals surface area contributed by atoms with Crippen LogP contribution in [-0.2, 0) is 14.8 Å². The van der Waals surface area contributed by atoms with Crippen LogP contribution in [0.2, 0.25) is 0 Å². The minimum Gasteiger partial charge on any atom is -0.494 e. The maximum absolute atomic E-state index is 12.6. The highest BCUT2D eigenvalue weighted by molar-refractivity contribution is 7.89. The predicted molar refractivity (Wildman–Crippen MR) is 107 cm³/mol. The molecule has 2 N–H and O–H groups in total. The summed E-state index contributed by atoms with van der Waals surface area (Å²) in [6, 6.07) is 9.35. The molecule has 0 aliphatic rings. The summed E-state index contributed by atoms with van der Waals surface area (Å²) in [7, 11) is -3.83. The zero-order chi connectivity index (χ0) is 20.2. The van der Waals surface area contributed by atoms with E-state index >= 15 is 0 Å². The lowest BCUT2D eigenvalue weighted by molar-refractivity contribution is -0.117. The topological polar surface area (TPSA) is 84.5 Å². The molecule has 27 heavy (non-hydrogen) atoms. The quantitative estimate of drug-likeness (QED) is 0.760. The first-order valence-corrected chi connectivity index (χ1v) is 10.3. The molecule has 0 aromatic heterocycles. The van der Waals surface area contributed by atoms with Crippen LogP contribution in [0.1, 0.15) is 30.5 Å². The van der Waals surface area contributed by atoms with Crippen molar-refractivity contribution in [2.45, 2.75) is 45.6 Å². The van der Waals surface area contributed by atoms with E-state index in [0.717, 1.165) is 11.1 Å². The zero-order valence-electron chi connectivity index (χ0n) is 16.3. The van der Waals surface area contributed by atoms with E-state index in [1.165, 1.54) is 19.1 Å². The molecule has 7 heteroatoms. The molecule has 2 aromatic rings. The number of anilines is 1. The molecule has 0 unspecified atom stereocenters. The second kappa shape index (κ2) is 8.54. The third kappa shape index (κ3) is 5.55. The van der Waals surface area contributed by atoms with Gasteiger partial charge in [-0.05, 0) is 81.6 Å². The number of aryl methyl sites for hydroxylation is 3. The minimum atomic E-state index is -3.83. The number of amides is 1. The number of carbonyl (C=O) groups excluding carboxylic acids is 1. The molecule has 146 valence electrons. The van der Waals surface area contributed by atoms with Gasteiger partial charge in [0.05, 0.1) is 17.5 Å². The molecule has 2 aromatic carbocycles. The van der Waals surface area contributed by atoms with E-state index < -0.39 is 22.0 Å². The first-order valence-electron chi connectivity index (χ1n) is 8.77. The molecule has 2 rings (SSSR count). The monoisotopic (exact) mass is 390 g/mol. The van der Waals surface area contributed by atoms with Crippen molar-refractivity contribution in [2.75, 3.05) is 11.9 Å². The number of hydrogen-bond acceptors (Lipinski definition) is 4. The Balaban J connectivity index is 2.12. The van der Waals surface area contributed by atoms with Gasteiger partial charge < -0.3 is 10.1 Å². The van der Waals surface area contributed by atoms with E-state index in [-0.39, 0.29) is 4.90 Å². The Kier molecular flexibility index (Phi) is 6.62. The van der Waals surface area contributed by atoms with Crippen LogP contribution in [0.25, 0.3) is 0 Å². The number of rotatable bonds is 7. The first kappa shape index (κ1) is 20.9. The Bertz CT molecular complexity index is 919. The summed E-state index contributed by atoms with van der Waals surface area (Å²) in [5.41, 5.74) is 3.39. The molecule has 0 saturated carbocycles. The fourth-order valence-corrected chi connectivity index (χ4v) is 4.05. The lowest BCUT2D eigenvalue weighted by atomic mass is 10.1. The summed E-state index contributed by atoms with van der Waals surface area (Å²) in [5, 5.41) is 2.75. The highest BCUT2D eigenvalue weighted by Gasteiger charge is 2.23. The fraction of sp³-hybridized carbons (Fsp3) is 0.350. The standard InChI is InChI=1S/C20H26N2O4S/c1-6-26-19-8-7-18(12-15(19)4)27(24,25)22-16(5)20(23)21-17-10-13(2)9-14(3)11-17/h7-12,16,22H,6H2,1-5H3,(H,21,23)/t16-/m0/s1. The van der Waals surface area contributed by atoms with Crippen molar-refractivity contribution in [3.05, 3.63) is 53.1 Å². The summed E-state index contributed by atoms with van der Waals surface area (Å²) in [5.74, 6) is 0.211. The molecule has 0 spiro atoms. The highest BCUT2D eigenvalue weighted by Crippen LogP contribution is 2.22. The van der Waals surface area contributed by atoms with Crippen LogP contribution in [0, 0.1) is 20.8 Å². The van der Waals surface area contributed by atoms with Crippen molar-refractivity contribution in [3.8, 4) is 5.75 Å². The Morgan fingerprint density at radius 1 is 1.07 bits per heavy atom. The van der Waals surface area contributed by atoms with Gasteiger partial charge in [-0.2, -0.15) is 4.72 Å². The molecule has 0 saturated heterocycles. The SMILES string of the molecule is CCOc1ccc(S(=O)(=O)N[C@@H](C)C(=O)Nc2cc(C)cc(C)c2)cc1C. The van der Waals surface area contributed by atoms with E-state index in [2.05, 4.69) is 10.0 Å². The minimum absolute atomic E-state index is 0.0921. The third-order valence-electron chi connectivity index (χ3n) is 3.97. The van der Waals surface area contributed by atoms with Crippen LogP contribution in [0.3, 0.4) is 0 Å². The van der Waals surface area contributed by atoms with Crippen LogP contribution in [0.4, 0.5) is 5.69 Å². The van der Waals surface area contributed by atoms with Gasteiger partial charge in [-0.1, -0.05) is 6.07 Å². The number of ether oxygens (including phenoxy) is 1. The maximum Gasteiger partial charge on any atom is 0.242 e. The van der Waals surface area contributed by atoms with Gasteiger partial charge in [0, 0.05) is 5.69 Å². The molecule has 1 amide bonds.